The van der Waals surface area contributed by atoms with Gasteiger partial charge in [0, 0.05) is 50.7 Å². The predicted octanol–water partition coefficient (Wildman–Crippen LogP) is 4.72. The van der Waals surface area contributed by atoms with Crippen molar-refractivity contribution in [1.82, 2.24) is 25.1 Å². The molecule has 2 fully saturated rings. The van der Waals surface area contributed by atoms with E-state index in [-0.39, 0.29) is 50.4 Å². The number of fused-ring (bicyclic) bond motifs is 1. The lowest BCUT2D eigenvalue weighted by Gasteiger charge is -2.41. The van der Waals surface area contributed by atoms with Gasteiger partial charge in [0.25, 0.3) is 0 Å². The smallest absolute Gasteiger partial charge is 0.410 e. The third-order valence-corrected chi connectivity index (χ3v) is 9.35. The number of nitrogens with zero attached hydrogens (tertiary/aromatic N) is 5. The van der Waals surface area contributed by atoms with Crippen molar-refractivity contribution in [1.29, 1.82) is 0 Å². The molecule has 13 nitrogen and oxygen atoms in total. The second kappa shape index (κ2) is 18.3. The van der Waals surface area contributed by atoms with E-state index in [0.717, 1.165) is 27.6 Å². The molecule has 282 valence electrons. The van der Waals surface area contributed by atoms with E-state index in [1.165, 1.54) is 0 Å². The molecule has 2 atom stereocenters. The summed E-state index contributed by atoms with van der Waals surface area (Å²) >= 11 is 0. The highest BCUT2D eigenvalue weighted by atomic mass is 16.6. The Hall–Kier alpha value is -5.76. The fraction of sp³-hybridized carbons (Fsp3) is 0.317. The maximum Gasteiger partial charge on any atom is 0.410 e. The number of ether oxygens (including phenoxy) is 2. The SMILES string of the molecule is Cc1ccc2c(N3CCN(C(=O)OCc4ccccc4)CC3CO)nc(-c3ccccc3O)nc2c1.O=C(OCc1ccccc1)N1CCNC(CO)C1. The molecule has 5 aromatic rings. The molecular formula is C41H46N6O7. The lowest BCUT2D eigenvalue weighted by molar-refractivity contribution is 0.0780. The van der Waals surface area contributed by atoms with Crippen LogP contribution >= 0.6 is 0 Å². The normalized spacial score (nSPS) is 17.1. The van der Waals surface area contributed by atoms with Crippen LogP contribution in [-0.4, -0.2) is 112 Å². The molecule has 13 heteroatoms. The van der Waals surface area contributed by atoms with Gasteiger partial charge in [0.2, 0.25) is 0 Å². The minimum atomic E-state index is -0.407. The molecule has 54 heavy (non-hydrogen) atoms. The Morgan fingerprint density at radius 1 is 0.759 bits per heavy atom. The number of carbonyl (C=O) groups excluding carboxylic acids is 2. The standard InChI is InChI=1S/C28H28N4O4.C13H18N2O3/c1-19-11-12-22-24(15-19)29-26(23-9-5-6-10-25(23)34)30-27(22)32-14-13-31(16-21(32)17-33)28(35)36-18-20-7-3-2-4-8-20;16-9-12-8-15(7-6-14-12)13(17)18-10-11-4-2-1-3-5-11/h2-12,15,21,33-34H,13-14,16-18H2,1H3;1-5,12,14,16H,6-10H2. The fourth-order valence-electron chi connectivity index (χ4n) is 6.42. The van der Waals surface area contributed by atoms with E-state index in [4.69, 9.17) is 24.5 Å². The Morgan fingerprint density at radius 2 is 1.39 bits per heavy atom. The molecule has 0 radical (unpaired) electrons. The van der Waals surface area contributed by atoms with Crippen LogP contribution in [0, 0.1) is 6.92 Å². The zero-order valence-electron chi connectivity index (χ0n) is 30.3. The summed E-state index contributed by atoms with van der Waals surface area (Å²) in [5, 5.41) is 33.7. The number of benzene rings is 4. The van der Waals surface area contributed by atoms with Gasteiger partial charge in [0.15, 0.2) is 5.82 Å². The molecule has 2 aliphatic rings. The predicted molar refractivity (Wildman–Crippen MR) is 205 cm³/mol. The van der Waals surface area contributed by atoms with Crippen molar-refractivity contribution in [3.05, 3.63) is 120 Å². The van der Waals surface area contributed by atoms with Crippen LogP contribution in [0.3, 0.4) is 0 Å². The van der Waals surface area contributed by atoms with Crippen LogP contribution in [0.5, 0.6) is 5.75 Å². The van der Waals surface area contributed by atoms with Crippen molar-refractivity contribution in [2.24, 2.45) is 0 Å². The van der Waals surface area contributed by atoms with Crippen LogP contribution in [0.1, 0.15) is 16.7 Å². The first-order chi connectivity index (χ1) is 26.3. The van der Waals surface area contributed by atoms with E-state index in [9.17, 15) is 19.8 Å². The number of phenols is 1. The Balaban J connectivity index is 0.000000232. The number of rotatable bonds is 8. The molecule has 4 aromatic carbocycles. The highest BCUT2D eigenvalue weighted by Gasteiger charge is 2.32. The maximum absolute atomic E-state index is 12.8. The van der Waals surface area contributed by atoms with Crippen molar-refractivity contribution in [3.8, 4) is 17.1 Å². The van der Waals surface area contributed by atoms with Crippen LogP contribution in [0.2, 0.25) is 0 Å². The first-order valence-corrected chi connectivity index (χ1v) is 18.0. The molecule has 4 N–H and O–H groups in total. The van der Waals surface area contributed by atoms with Crippen LogP contribution in [0.25, 0.3) is 22.3 Å². The molecule has 7 rings (SSSR count). The minimum Gasteiger partial charge on any atom is -0.507 e. The number of nitrogens with one attached hydrogen (secondary N) is 1. The summed E-state index contributed by atoms with van der Waals surface area (Å²) < 4.78 is 10.7. The van der Waals surface area contributed by atoms with Gasteiger partial charge in [-0.3, -0.25) is 0 Å². The lowest BCUT2D eigenvalue weighted by Crippen LogP contribution is -2.56. The average molecular weight is 735 g/mol. The molecule has 3 heterocycles. The highest BCUT2D eigenvalue weighted by Crippen LogP contribution is 2.33. The number of para-hydroxylation sites is 1. The van der Waals surface area contributed by atoms with Crippen molar-refractivity contribution in [2.45, 2.75) is 32.2 Å². The third kappa shape index (κ3) is 9.61. The van der Waals surface area contributed by atoms with Crippen LogP contribution in [0.15, 0.2) is 103 Å². The van der Waals surface area contributed by atoms with Gasteiger partial charge < -0.3 is 44.8 Å². The molecule has 0 saturated carbocycles. The summed E-state index contributed by atoms with van der Waals surface area (Å²) in [5.41, 5.74) is 4.23. The number of hydrogen-bond acceptors (Lipinski definition) is 11. The monoisotopic (exact) mass is 734 g/mol. The molecule has 2 aliphatic heterocycles. The maximum atomic E-state index is 12.8. The second-order valence-electron chi connectivity index (χ2n) is 13.2. The van der Waals surface area contributed by atoms with Gasteiger partial charge in [0.1, 0.15) is 24.8 Å². The summed E-state index contributed by atoms with van der Waals surface area (Å²) in [6, 6.07) is 31.6. The van der Waals surface area contributed by atoms with Gasteiger partial charge in [-0.25, -0.2) is 19.6 Å². The summed E-state index contributed by atoms with van der Waals surface area (Å²) in [6.45, 7) is 5.33. The van der Waals surface area contributed by atoms with Crippen molar-refractivity contribution >= 4 is 28.9 Å². The first-order valence-electron chi connectivity index (χ1n) is 18.0. The largest absolute Gasteiger partial charge is 0.507 e. The minimum absolute atomic E-state index is 0.0302. The number of amides is 2. The number of aliphatic hydroxyl groups excluding tert-OH is 2. The van der Waals surface area contributed by atoms with Crippen molar-refractivity contribution in [2.75, 3.05) is 57.4 Å². The number of anilines is 1. The van der Waals surface area contributed by atoms with Crippen molar-refractivity contribution < 1.29 is 34.4 Å². The second-order valence-corrected chi connectivity index (χ2v) is 13.2. The Kier molecular flexibility index (Phi) is 12.9. The van der Waals surface area contributed by atoms with Crippen molar-refractivity contribution in [3.63, 3.8) is 0 Å². The quantitative estimate of drug-likeness (QED) is 0.175. The van der Waals surface area contributed by atoms with Crippen LogP contribution < -0.4 is 10.2 Å². The topological polar surface area (TPSA) is 161 Å². The number of hydrogen-bond donors (Lipinski definition) is 4. The number of aromatic nitrogens is 2. The average Bonchev–Trinajstić information content (AvgIpc) is 3.22. The summed E-state index contributed by atoms with van der Waals surface area (Å²) in [6.07, 6.45) is -0.728. The summed E-state index contributed by atoms with van der Waals surface area (Å²) in [7, 11) is 0. The zero-order valence-corrected chi connectivity index (χ0v) is 30.3. The van der Waals surface area contributed by atoms with E-state index in [1.807, 2.05) is 96.8 Å². The van der Waals surface area contributed by atoms with Gasteiger partial charge in [-0.1, -0.05) is 78.9 Å². The summed E-state index contributed by atoms with van der Waals surface area (Å²) in [5.74, 6) is 1.16. The molecular weight excluding hydrogens is 688 g/mol. The first kappa shape index (κ1) is 38.0. The Morgan fingerprint density at radius 3 is 2.02 bits per heavy atom. The van der Waals surface area contributed by atoms with Gasteiger partial charge in [0.05, 0.1) is 30.3 Å². The molecule has 2 amide bonds. The van der Waals surface area contributed by atoms with E-state index in [2.05, 4.69) is 5.32 Å². The number of phenolic OH excluding ortho intramolecular Hbond substituents is 1. The van der Waals surface area contributed by atoms with E-state index in [1.54, 1.807) is 28.0 Å². The molecule has 2 unspecified atom stereocenters. The number of carbonyl (C=O) groups is 2. The molecule has 0 spiro atoms. The molecule has 0 bridgehead atoms. The highest BCUT2D eigenvalue weighted by molar-refractivity contribution is 5.92. The zero-order chi connectivity index (χ0) is 37.9. The third-order valence-electron chi connectivity index (χ3n) is 9.35. The Bertz CT molecular complexity index is 2000. The van der Waals surface area contributed by atoms with Crippen LogP contribution in [-0.2, 0) is 22.7 Å². The number of aryl methyl sites for hydroxylation is 1. The van der Waals surface area contributed by atoms with E-state index in [0.29, 0.717) is 56.5 Å². The molecule has 0 aliphatic carbocycles. The summed E-state index contributed by atoms with van der Waals surface area (Å²) in [4.78, 5) is 39.4. The van der Waals surface area contributed by atoms with Gasteiger partial charge in [-0.2, -0.15) is 0 Å². The van der Waals surface area contributed by atoms with Gasteiger partial charge in [-0.15, -0.1) is 0 Å². The number of aliphatic hydroxyl groups is 2. The van der Waals surface area contributed by atoms with Crippen LogP contribution in [0.4, 0.5) is 15.4 Å². The molecule has 1 aromatic heterocycles. The van der Waals surface area contributed by atoms with E-state index < -0.39 is 6.09 Å². The number of piperazine rings is 2. The molecule has 2 saturated heterocycles. The Labute approximate surface area is 314 Å². The van der Waals surface area contributed by atoms with E-state index >= 15 is 0 Å². The lowest BCUT2D eigenvalue weighted by atomic mass is 10.1. The van der Waals surface area contributed by atoms with Gasteiger partial charge in [-0.05, 0) is 47.9 Å². The number of aromatic hydroxyl groups is 1. The fourth-order valence-corrected chi connectivity index (χ4v) is 6.42. The van der Waals surface area contributed by atoms with Gasteiger partial charge >= 0.3 is 12.2 Å².